The van der Waals surface area contributed by atoms with Crippen molar-refractivity contribution in [3.63, 3.8) is 0 Å². The minimum atomic E-state index is 0.0189. The minimum Gasteiger partial charge on any atom is -0.345 e. The normalized spacial score (nSPS) is 14.5. The number of likely N-dealkylation sites (tertiary alicyclic amines) is 1. The molecule has 0 aliphatic carbocycles. The van der Waals surface area contributed by atoms with Crippen LogP contribution in [0.4, 0.5) is 0 Å². The Hall–Kier alpha value is -2.64. The van der Waals surface area contributed by atoms with E-state index in [2.05, 4.69) is 43.9 Å². The van der Waals surface area contributed by atoms with Crippen molar-refractivity contribution in [2.75, 3.05) is 27.2 Å². The van der Waals surface area contributed by atoms with Gasteiger partial charge in [-0.15, -0.1) is 10.2 Å². The maximum atomic E-state index is 12.1. The van der Waals surface area contributed by atoms with Crippen LogP contribution in [0.2, 0.25) is 0 Å². The number of amides is 1. The van der Waals surface area contributed by atoms with Crippen molar-refractivity contribution in [1.82, 2.24) is 24.6 Å². The molecule has 1 aromatic heterocycles. The van der Waals surface area contributed by atoms with Gasteiger partial charge in [0, 0.05) is 31.1 Å². The van der Waals surface area contributed by atoms with Crippen molar-refractivity contribution in [2.24, 2.45) is 0 Å². The summed E-state index contributed by atoms with van der Waals surface area (Å²) in [7, 11) is 3.54. The number of rotatable bonds is 7. The molecule has 0 bridgehead atoms. The number of hydrogen-bond acceptors (Lipinski definition) is 5. The Bertz CT molecular complexity index is 995. The molecule has 162 valence electrons. The monoisotopic (exact) mass is 435 g/mol. The highest BCUT2D eigenvalue weighted by Crippen LogP contribution is 2.26. The molecule has 0 atom stereocenters. The van der Waals surface area contributed by atoms with E-state index in [1.165, 1.54) is 19.3 Å². The smallest absolute Gasteiger partial charge is 0.253 e. The van der Waals surface area contributed by atoms with Crippen LogP contribution < -0.4 is 0 Å². The third-order valence-electron chi connectivity index (χ3n) is 5.50. The molecule has 0 saturated carbocycles. The number of thioether (sulfide) groups is 1. The van der Waals surface area contributed by atoms with E-state index in [4.69, 9.17) is 0 Å². The van der Waals surface area contributed by atoms with E-state index < -0.39 is 0 Å². The summed E-state index contributed by atoms with van der Waals surface area (Å²) in [5.41, 5.74) is 2.95. The summed E-state index contributed by atoms with van der Waals surface area (Å²) in [5.74, 6) is 1.78. The Morgan fingerprint density at radius 2 is 1.68 bits per heavy atom. The van der Waals surface area contributed by atoms with Crippen LogP contribution in [0.1, 0.15) is 41.0 Å². The van der Waals surface area contributed by atoms with Crippen LogP contribution in [-0.2, 0) is 12.3 Å². The molecule has 3 aromatic rings. The first-order chi connectivity index (χ1) is 15.1. The summed E-state index contributed by atoms with van der Waals surface area (Å²) in [6.45, 7) is 3.08. The molecule has 2 heterocycles. The molecule has 0 unspecified atom stereocenters. The molecule has 1 aliphatic rings. The lowest BCUT2D eigenvalue weighted by atomic mass is 10.1. The van der Waals surface area contributed by atoms with E-state index in [1.54, 1.807) is 30.8 Å². The predicted octanol–water partition coefficient (Wildman–Crippen LogP) is 4.25. The summed E-state index contributed by atoms with van der Waals surface area (Å²) in [6, 6.07) is 18.2. The maximum Gasteiger partial charge on any atom is 0.253 e. The molecule has 6 nitrogen and oxygen atoms in total. The van der Waals surface area contributed by atoms with E-state index in [9.17, 15) is 4.79 Å². The van der Waals surface area contributed by atoms with Crippen LogP contribution in [0.5, 0.6) is 0 Å². The summed E-state index contributed by atoms with van der Waals surface area (Å²) in [5, 5.41) is 9.98. The molecule has 2 aromatic carbocycles. The van der Waals surface area contributed by atoms with Gasteiger partial charge in [-0.05, 0) is 55.8 Å². The summed E-state index contributed by atoms with van der Waals surface area (Å²) >= 11 is 1.67. The van der Waals surface area contributed by atoms with Crippen LogP contribution in [0.3, 0.4) is 0 Å². The second-order valence-electron chi connectivity index (χ2n) is 8.09. The van der Waals surface area contributed by atoms with Gasteiger partial charge in [0.1, 0.15) is 0 Å². The standard InChI is InChI=1S/C24H29N5OS/c1-27(2)23(30)20-13-11-19(12-14-20)18-31-24-26-25-22(17-28-15-7-4-8-16-28)29(24)21-9-5-3-6-10-21/h3,5-6,9-14H,4,7-8,15-18H2,1-2H3. The SMILES string of the molecule is CN(C)C(=O)c1ccc(CSc2nnc(CN3CCCCC3)n2-c2ccccc2)cc1. The third-order valence-corrected chi connectivity index (χ3v) is 6.50. The number of para-hydroxylation sites is 1. The Morgan fingerprint density at radius 1 is 0.968 bits per heavy atom. The quantitative estimate of drug-likeness (QED) is 0.520. The zero-order valence-electron chi connectivity index (χ0n) is 18.2. The lowest BCUT2D eigenvalue weighted by molar-refractivity contribution is 0.0827. The highest BCUT2D eigenvalue weighted by molar-refractivity contribution is 7.98. The van der Waals surface area contributed by atoms with Crippen LogP contribution >= 0.6 is 11.8 Å². The molecule has 1 saturated heterocycles. The van der Waals surface area contributed by atoms with Crippen LogP contribution in [-0.4, -0.2) is 57.7 Å². The van der Waals surface area contributed by atoms with E-state index in [0.29, 0.717) is 5.56 Å². The highest BCUT2D eigenvalue weighted by atomic mass is 32.2. The van der Waals surface area contributed by atoms with Gasteiger partial charge in [-0.2, -0.15) is 0 Å². The number of carbonyl (C=O) groups is 1. The lowest BCUT2D eigenvalue weighted by Gasteiger charge is -2.26. The van der Waals surface area contributed by atoms with E-state index in [0.717, 1.165) is 47.6 Å². The Morgan fingerprint density at radius 3 is 2.35 bits per heavy atom. The molecule has 0 N–H and O–H groups in total. The number of nitrogens with zero attached hydrogens (tertiary/aromatic N) is 5. The second-order valence-corrected chi connectivity index (χ2v) is 9.03. The molecule has 7 heteroatoms. The van der Waals surface area contributed by atoms with Crippen LogP contribution in [0.25, 0.3) is 5.69 Å². The molecule has 0 spiro atoms. The second kappa shape index (κ2) is 10.1. The molecule has 1 fully saturated rings. The molecule has 0 radical (unpaired) electrons. The first kappa shape index (κ1) is 21.6. The van der Waals surface area contributed by atoms with Gasteiger partial charge in [-0.1, -0.05) is 48.5 Å². The Balaban J connectivity index is 1.52. The van der Waals surface area contributed by atoms with E-state index >= 15 is 0 Å². The van der Waals surface area contributed by atoms with Crippen molar-refractivity contribution in [1.29, 1.82) is 0 Å². The third kappa shape index (κ3) is 5.35. The molecular weight excluding hydrogens is 406 g/mol. The maximum absolute atomic E-state index is 12.1. The Kier molecular flexibility index (Phi) is 7.04. The van der Waals surface area contributed by atoms with Gasteiger partial charge in [0.15, 0.2) is 11.0 Å². The number of carbonyl (C=O) groups excluding carboxylic acids is 1. The molecular formula is C24H29N5OS. The number of benzene rings is 2. The predicted molar refractivity (Wildman–Crippen MR) is 125 cm³/mol. The van der Waals surface area contributed by atoms with Crippen molar-refractivity contribution >= 4 is 17.7 Å². The van der Waals surface area contributed by atoms with Crippen molar-refractivity contribution < 1.29 is 4.79 Å². The average Bonchev–Trinajstić information content (AvgIpc) is 3.21. The van der Waals surface area contributed by atoms with Gasteiger partial charge in [0.2, 0.25) is 0 Å². The van der Waals surface area contributed by atoms with Crippen LogP contribution in [0, 0.1) is 0 Å². The lowest BCUT2D eigenvalue weighted by Crippen LogP contribution is -2.30. The van der Waals surface area contributed by atoms with Crippen LogP contribution in [0.15, 0.2) is 59.8 Å². The van der Waals surface area contributed by atoms with E-state index in [1.807, 2.05) is 30.3 Å². The minimum absolute atomic E-state index is 0.0189. The van der Waals surface area contributed by atoms with Gasteiger partial charge in [0.05, 0.1) is 6.54 Å². The summed E-state index contributed by atoms with van der Waals surface area (Å²) in [6.07, 6.45) is 3.84. The number of piperidine rings is 1. The first-order valence-electron chi connectivity index (χ1n) is 10.8. The number of hydrogen-bond donors (Lipinski definition) is 0. The largest absolute Gasteiger partial charge is 0.345 e. The molecule has 31 heavy (non-hydrogen) atoms. The summed E-state index contributed by atoms with van der Waals surface area (Å²) < 4.78 is 2.18. The molecule has 4 rings (SSSR count). The molecule has 1 aliphatic heterocycles. The molecule has 1 amide bonds. The summed E-state index contributed by atoms with van der Waals surface area (Å²) in [4.78, 5) is 16.2. The fourth-order valence-electron chi connectivity index (χ4n) is 3.80. The van der Waals surface area contributed by atoms with Crippen molar-refractivity contribution in [3.05, 3.63) is 71.5 Å². The first-order valence-corrected chi connectivity index (χ1v) is 11.8. The highest BCUT2D eigenvalue weighted by Gasteiger charge is 2.19. The average molecular weight is 436 g/mol. The Labute approximate surface area is 188 Å². The topological polar surface area (TPSA) is 54.3 Å². The van der Waals surface area contributed by atoms with Gasteiger partial charge in [-0.25, -0.2) is 0 Å². The fourth-order valence-corrected chi connectivity index (χ4v) is 4.73. The zero-order valence-corrected chi connectivity index (χ0v) is 19.0. The van der Waals surface area contributed by atoms with Gasteiger partial charge >= 0.3 is 0 Å². The van der Waals surface area contributed by atoms with E-state index in [-0.39, 0.29) is 5.91 Å². The van der Waals surface area contributed by atoms with Gasteiger partial charge < -0.3 is 4.90 Å². The fraction of sp³-hybridized carbons (Fsp3) is 0.375. The van der Waals surface area contributed by atoms with Crippen molar-refractivity contribution in [3.8, 4) is 5.69 Å². The zero-order chi connectivity index (χ0) is 21.6. The van der Waals surface area contributed by atoms with Gasteiger partial charge in [-0.3, -0.25) is 14.3 Å². The number of aromatic nitrogens is 3. The van der Waals surface area contributed by atoms with Gasteiger partial charge in [0.25, 0.3) is 5.91 Å². The van der Waals surface area contributed by atoms with Crippen molar-refractivity contribution in [2.45, 2.75) is 36.7 Å².